The predicted octanol–water partition coefficient (Wildman–Crippen LogP) is 4.26. The van der Waals surface area contributed by atoms with E-state index in [1.54, 1.807) is 21.0 Å². The van der Waals surface area contributed by atoms with Crippen LogP contribution < -0.4 is 10.1 Å². The number of aliphatic hydroxyl groups is 1. The summed E-state index contributed by atoms with van der Waals surface area (Å²) in [5.74, 6) is 7.69. The van der Waals surface area contributed by atoms with E-state index in [2.05, 4.69) is 34.2 Å². The van der Waals surface area contributed by atoms with Crippen molar-refractivity contribution in [3.8, 4) is 17.6 Å². The summed E-state index contributed by atoms with van der Waals surface area (Å²) in [6.07, 6.45) is 0. The Morgan fingerprint density at radius 3 is 2.50 bits per heavy atom. The average Bonchev–Trinajstić information content (AvgIpc) is 3.17. The molecule has 0 saturated carbocycles. The Hall–Kier alpha value is -2.20. The third-order valence-electron chi connectivity index (χ3n) is 4.20. The summed E-state index contributed by atoms with van der Waals surface area (Å²) in [4.78, 5) is 2.21. The maximum absolute atomic E-state index is 9.74. The molecule has 2 aromatic carbocycles. The number of benzene rings is 2. The van der Waals surface area contributed by atoms with E-state index in [0.29, 0.717) is 5.11 Å². The molecule has 6 heteroatoms. The summed E-state index contributed by atoms with van der Waals surface area (Å²) in [6.45, 7) is 4.26. The van der Waals surface area contributed by atoms with Crippen molar-refractivity contribution in [3.05, 3.63) is 59.7 Å². The fourth-order valence-electron chi connectivity index (χ4n) is 2.78. The molecule has 0 aromatic heterocycles. The fraction of sp³-hybridized carbons (Fsp3) is 0.318. The number of thiocarbonyl (C=S) groups is 1. The van der Waals surface area contributed by atoms with E-state index in [1.807, 2.05) is 48.2 Å². The molecule has 0 radical (unpaired) electrons. The number of thioether (sulfide) groups is 1. The summed E-state index contributed by atoms with van der Waals surface area (Å²) >= 11 is 7.54. The zero-order valence-electron chi connectivity index (χ0n) is 16.2. The Kier molecular flexibility index (Phi) is 6.50. The first-order valence-electron chi connectivity index (χ1n) is 9.04. The molecule has 1 fully saturated rings. The number of hydrogen-bond acceptors (Lipinski definition) is 4. The Morgan fingerprint density at radius 2 is 1.89 bits per heavy atom. The van der Waals surface area contributed by atoms with Crippen molar-refractivity contribution >= 4 is 34.8 Å². The van der Waals surface area contributed by atoms with E-state index in [-0.39, 0.29) is 5.37 Å². The SMILES string of the molecule is COc1ccc(NC(=S)N2CCS[C@H]2c2ccc(C#CC(C)(C)O)cc2)cc1. The van der Waals surface area contributed by atoms with E-state index in [9.17, 15) is 5.11 Å². The van der Waals surface area contributed by atoms with E-state index in [1.165, 1.54) is 5.56 Å². The van der Waals surface area contributed by atoms with Crippen LogP contribution in [0.15, 0.2) is 48.5 Å². The molecule has 1 aliphatic rings. The molecule has 0 spiro atoms. The largest absolute Gasteiger partial charge is 0.497 e. The Balaban J connectivity index is 1.69. The van der Waals surface area contributed by atoms with Crippen LogP contribution in [0.25, 0.3) is 0 Å². The van der Waals surface area contributed by atoms with Crippen LogP contribution in [0.1, 0.15) is 30.3 Å². The van der Waals surface area contributed by atoms with E-state index < -0.39 is 5.60 Å². The number of ether oxygens (including phenoxy) is 1. The summed E-state index contributed by atoms with van der Waals surface area (Å²) in [7, 11) is 1.65. The smallest absolute Gasteiger partial charge is 0.174 e. The van der Waals surface area contributed by atoms with Crippen molar-refractivity contribution in [1.82, 2.24) is 4.90 Å². The Bertz CT molecular complexity index is 878. The van der Waals surface area contributed by atoms with Gasteiger partial charge in [0, 0.05) is 23.5 Å². The van der Waals surface area contributed by atoms with E-state index in [4.69, 9.17) is 17.0 Å². The van der Waals surface area contributed by atoms with Gasteiger partial charge in [0.15, 0.2) is 5.11 Å². The summed E-state index contributed by atoms with van der Waals surface area (Å²) in [6, 6.07) is 15.9. The van der Waals surface area contributed by atoms with Crippen LogP contribution in [0, 0.1) is 11.8 Å². The quantitative estimate of drug-likeness (QED) is 0.580. The number of hydrogen-bond donors (Lipinski definition) is 2. The highest BCUT2D eigenvalue weighted by molar-refractivity contribution is 7.99. The van der Waals surface area contributed by atoms with Crippen LogP contribution >= 0.6 is 24.0 Å². The Labute approximate surface area is 176 Å². The van der Waals surface area contributed by atoms with Crippen LogP contribution in [0.3, 0.4) is 0 Å². The van der Waals surface area contributed by atoms with Crippen LogP contribution in [0.2, 0.25) is 0 Å². The molecule has 1 heterocycles. The van der Waals surface area contributed by atoms with Gasteiger partial charge in [-0.2, -0.15) is 0 Å². The molecule has 0 amide bonds. The first-order valence-corrected chi connectivity index (χ1v) is 10.5. The highest BCUT2D eigenvalue weighted by atomic mass is 32.2. The fourth-order valence-corrected chi connectivity index (χ4v) is 4.43. The second-order valence-electron chi connectivity index (χ2n) is 7.01. The zero-order chi connectivity index (χ0) is 20.1. The molecule has 1 saturated heterocycles. The van der Waals surface area contributed by atoms with Gasteiger partial charge in [0.1, 0.15) is 16.7 Å². The van der Waals surface area contributed by atoms with Gasteiger partial charge in [0.2, 0.25) is 0 Å². The van der Waals surface area contributed by atoms with Crippen molar-refractivity contribution in [2.24, 2.45) is 0 Å². The first-order chi connectivity index (χ1) is 13.4. The van der Waals surface area contributed by atoms with Gasteiger partial charge in [0.05, 0.1) is 7.11 Å². The van der Waals surface area contributed by atoms with Gasteiger partial charge in [-0.05, 0) is 68.0 Å². The van der Waals surface area contributed by atoms with E-state index in [0.717, 1.165) is 29.3 Å². The Morgan fingerprint density at radius 1 is 1.21 bits per heavy atom. The maximum atomic E-state index is 9.74. The molecule has 1 aliphatic heterocycles. The molecule has 1 atom stereocenters. The molecule has 0 bridgehead atoms. The number of nitrogens with zero attached hydrogens (tertiary/aromatic N) is 1. The zero-order valence-corrected chi connectivity index (χ0v) is 17.9. The number of nitrogens with one attached hydrogen (secondary N) is 1. The first kappa shape index (κ1) is 20.5. The van der Waals surface area contributed by atoms with Gasteiger partial charge in [-0.25, -0.2) is 0 Å². The lowest BCUT2D eigenvalue weighted by molar-refractivity contribution is 0.143. The molecule has 2 aromatic rings. The normalized spacial score (nSPS) is 16.3. The molecule has 0 unspecified atom stereocenters. The van der Waals surface area contributed by atoms with Crippen LogP contribution in [0.4, 0.5) is 5.69 Å². The van der Waals surface area contributed by atoms with Gasteiger partial charge in [-0.1, -0.05) is 24.0 Å². The summed E-state index contributed by atoms with van der Waals surface area (Å²) < 4.78 is 5.20. The van der Waals surface area contributed by atoms with Gasteiger partial charge < -0.3 is 20.1 Å². The maximum Gasteiger partial charge on any atom is 0.174 e. The molecule has 146 valence electrons. The third kappa shape index (κ3) is 5.41. The molecular weight excluding hydrogens is 388 g/mol. The van der Waals surface area contributed by atoms with Crippen molar-refractivity contribution in [3.63, 3.8) is 0 Å². The van der Waals surface area contributed by atoms with Gasteiger partial charge in [0.25, 0.3) is 0 Å². The third-order valence-corrected chi connectivity index (χ3v) is 5.80. The number of methoxy groups -OCH3 is 1. The minimum absolute atomic E-state index is 0.176. The highest BCUT2D eigenvalue weighted by Gasteiger charge is 2.28. The number of rotatable bonds is 3. The van der Waals surface area contributed by atoms with E-state index >= 15 is 0 Å². The summed E-state index contributed by atoms with van der Waals surface area (Å²) in [5.41, 5.74) is 2.03. The van der Waals surface area contributed by atoms with Crippen LogP contribution in [0.5, 0.6) is 5.75 Å². The van der Waals surface area contributed by atoms with Gasteiger partial charge in [-0.3, -0.25) is 0 Å². The second kappa shape index (κ2) is 8.87. The molecular formula is C22H24N2O2S2. The molecule has 4 nitrogen and oxygen atoms in total. The lowest BCUT2D eigenvalue weighted by Gasteiger charge is -2.27. The molecule has 0 aliphatic carbocycles. The minimum Gasteiger partial charge on any atom is -0.497 e. The lowest BCUT2D eigenvalue weighted by atomic mass is 10.1. The highest BCUT2D eigenvalue weighted by Crippen LogP contribution is 2.38. The monoisotopic (exact) mass is 412 g/mol. The lowest BCUT2D eigenvalue weighted by Crippen LogP contribution is -2.34. The van der Waals surface area contributed by atoms with Crippen molar-refractivity contribution in [2.45, 2.75) is 24.8 Å². The second-order valence-corrected chi connectivity index (χ2v) is 8.58. The standard InChI is InChI=1S/C22H24N2O2S2/c1-22(2,25)13-12-16-4-6-17(7-5-16)20-24(14-15-28-20)21(27)23-18-8-10-19(26-3)11-9-18/h4-11,20,25H,14-15H2,1-3H3,(H,23,27)/t20-/m0/s1. The van der Waals surface area contributed by atoms with Gasteiger partial charge in [-0.15, -0.1) is 11.8 Å². The summed E-state index contributed by atoms with van der Waals surface area (Å²) in [5, 5.41) is 14.0. The molecule has 28 heavy (non-hydrogen) atoms. The van der Waals surface area contributed by atoms with Crippen molar-refractivity contribution in [1.29, 1.82) is 0 Å². The van der Waals surface area contributed by atoms with Gasteiger partial charge >= 0.3 is 0 Å². The van der Waals surface area contributed by atoms with Crippen molar-refractivity contribution < 1.29 is 9.84 Å². The average molecular weight is 413 g/mol. The molecule has 2 N–H and O–H groups in total. The van der Waals surface area contributed by atoms with Crippen molar-refractivity contribution in [2.75, 3.05) is 24.7 Å². The number of anilines is 1. The van der Waals surface area contributed by atoms with Crippen LogP contribution in [-0.2, 0) is 0 Å². The predicted molar refractivity (Wildman–Crippen MR) is 121 cm³/mol. The minimum atomic E-state index is -0.990. The topological polar surface area (TPSA) is 44.7 Å². The molecule has 3 rings (SSSR count). The van der Waals surface area contributed by atoms with Crippen LogP contribution in [-0.4, -0.2) is 40.1 Å².